The van der Waals surface area contributed by atoms with Gasteiger partial charge in [-0.15, -0.1) is 0 Å². The first kappa shape index (κ1) is 13.7. The van der Waals surface area contributed by atoms with Crippen LogP contribution in [0.15, 0.2) is 12.2 Å². The third-order valence-electron chi connectivity index (χ3n) is 2.21. The standard InChI is InChI=1S/C12H24O2/c1-2-3-4-5-6-7-8-9-10-11-12(13)14/h4-5,12-14H,2-3,6-11H2,1H3. The van der Waals surface area contributed by atoms with Crippen molar-refractivity contribution in [3.05, 3.63) is 12.2 Å². The molecule has 2 nitrogen and oxygen atoms in total. The van der Waals surface area contributed by atoms with Crippen molar-refractivity contribution in [2.75, 3.05) is 0 Å². The summed E-state index contributed by atoms with van der Waals surface area (Å²) in [5.74, 6) is 0. The van der Waals surface area contributed by atoms with E-state index in [0.717, 1.165) is 12.8 Å². The molecule has 0 spiro atoms. The molecule has 0 heterocycles. The summed E-state index contributed by atoms with van der Waals surface area (Å²) in [6.07, 6.45) is 12.0. The molecule has 0 radical (unpaired) electrons. The zero-order valence-corrected chi connectivity index (χ0v) is 9.28. The Morgan fingerprint density at radius 3 is 2.21 bits per heavy atom. The fraction of sp³-hybridized carbons (Fsp3) is 0.833. The molecular weight excluding hydrogens is 176 g/mol. The molecule has 0 unspecified atom stereocenters. The Bertz CT molecular complexity index is 130. The molecule has 0 aromatic rings. The molecule has 0 aromatic carbocycles. The van der Waals surface area contributed by atoms with E-state index in [4.69, 9.17) is 10.2 Å². The highest BCUT2D eigenvalue weighted by atomic mass is 16.5. The van der Waals surface area contributed by atoms with Gasteiger partial charge in [-0.2, -0.15) is 0 Å². The molecule has 0 aliphatic carbocycles. The SMILES string of the molecule is CCCC=CCCCCCCC(O)O. The normalized spacial score (nSPS) is 11.7. The highest BCUT2D eigenvalue weighted by molar-refractivity contribution is 4.80. The van der Waals surface area contributed by atoms with E-state index in [0.29, 0.717) is 6.42 Å². The van der Waals surface area contributed by atoms with E-state index in [1.807, 2.05) is 0 Å². The van der Waals surface area contributed by atoms with Crippen LogP contribution in [0.3, 0.4) is 0 Å². The van der Waals surface area contributed by atoms with Gasteiger partial charge in [0, 0.05) is 0 Å². The first-order chi connectivity index (χ1) is 6.77. The van der Waals surface area contributed by atoms with Gasteiger partial charge in [-0.05, 0) is 32.1 Å². The van der Waals surface area contributed by atoms with Gasteiger partial charge in [-0.3, -0.25) is 0 Å². The smallest absolute Gasteiger partial charge is 0.151 e. The van der Waals surface area contributed by atoms with Crippen LogP contribution >= 0.6 is 0 Å². The van der Waals surface area contributed by atoms with Crippen molar-refractivity contribution in [3.63, 3.8) is 0 Å². The molecule has 2 N–H and O–H groups in total. The Morgan fingerprint density at radius 1 is 0.929 bits per heavy atom. The molecule has 2 heteroatoms. The zero-order valence-electron chi connectivity index (χ0n) is 9.28. The first-order valence-electron chi connectivity index (χ1n) is 5.78. The first-order valence-corrected chi connectivity index (χ1v) is 5.78. The van der Waals surface area contributed by atoms with Crippen molar-refractivity contribution < 1.29 is 10.2 Å². The predicted octanol–water partition coefficient (Wildman–Crippen LogP) is 2.99. The number of hydrogen-bond acceptors (Lipinski definition) is 2. The number of hydrogen-bond donors (Lipinski definition) is 2. The predicted molar refractivity (Wildman–Crippen MR) is 60.0 cm³/mol. The van der Waals surface area contributed by atoms with Crippen LogP contribution in [-0.4, -0.2) is 16.5 Å². The molecule has 0 bridgehead atoms. The molecule has 0 fully saturated rings. The van der Waals surface area contributed by atoms with Crippen LogP contribution in [0.5, 0.6) is 0 Å². The largest absolute Gasteiger partial charge is 0.368 e. The van der Waals surface area contributed by atoms with Crippen molar-refractivity contribution in [1.29, 1.82) is 0 Å². The topological polar surface area (TPSA) is 40.5 Å². The minimum absolute atomic E-state index is 0.520. The molecule has 0 amide bonds. The number of aliphatic hydroxyl groups is 2. The Hall–Kier alpha value is -0.340. The summed E-state index contributed by atoms with van der Waals surface area (Å²) >= 11 is 0. The quantitative estimate of drug-likeness (QED) is 0.341. The fourth-order valence-electron chi connectivity index (χ4n) is 1.35. The van der Waals surface area contributed by atoms with Gasteiger partial charge in [0.1, 0.15) is 0 Å². The van der Waals surface area contributed by atoms with E-state index in [9.17, 15) is 0 Å². The Balaban J connectivity index is 2.99. The lowest BCUT2D eigenvalue weighted by molar-refractivity contribution is -0.0465. The van der Waals surface area contributed by atoms with Crippen molar-refractivity contribution in [2.24, 2.45) is 0 Å². The van der Waals surface area contributed by atoms with Crippen LogP contribution in [0.1, 0.15) is 58.3 Å². The van der Waals surface area contributed by atoms with Crippen LogP contribution < -0.4 is 0 Å². The second-order valence-electron chi connectivity index (χ2n) is 3.73. The van der Waals surface area contributed by atoms with E-state index in [1.54, 1.807) is 0 Å². The maximum absolute atomic E-state index is 8.60. The van der Waals surface area contributed by atoms with Gasteiger partial charge in [0.15, 0.2) is 6.29 Å². The molecule has 0 atom stereocenters. The Kier molecular flexibility index (Phi) is 10.5. The Morgan fingerprint density at radius 2 is 1.57 bits per heavy atom. The van der Waals surface area contributed by atoms with Crippen LogP contribution in [0.4, 0.5) is 0 Å². The molecule has 0 aromatic heterocycles. The summed E-state index contributed by atoms with van der Waals surface area (Å²) in [6.45, 7) is 2.19. The minimum Gasteiger partial charge on any atom is -0.368 e. The molecule has 0 saturated heterocycles. The summed E-state index contributed by atoms with van der Waals surface area (Å²) in [7, 11) is 0. The van der Waals surface area contributed by atoms with E-state index in [1.165, 1.54) is 32.1 Å². The van der Waals surface area contributed by atoms with Crippen LogP contribution in [0.2, 0.25) is 0 Å². The molecule has 0 aliphatic rings. The molecule has 84 valence electrons. The summed E-state index contributed by atoms with van der Waals surface area (Å²) in [6, 6.07) is 0. The van der Waals surface area contributed by atoms with E-state index >= 15 is 0 Å². The maximum atomic E-state index is 8.60. The third kappa shape index (κ3) is 11.7. The average molecular weight is 200 g/mol. The maximum Gasteiger partial charge on any atom is 0.151 e. The summed E-state index contributed by atoms with van der Waals surface area (Å²) < 4.78 is 0. The number of aliphatic hydroxyl groups excluding tert-OH is 1. The lowest BCUT2D eigenvalue weighted by Gasteiger charge is -2.01. The number of unbranched alkanes of at least 4 members (excludes halogenated alkanes) is 5. The van der Waals surface area contributed by atoms with Gasteiger partial charge in [-0.25, -0.2) is 0 Å². The highest BCUT2D eigenvalue weighted by Crippen LogP contribution is 2.07. The zero-order chi connectivity index (χ0) is 10.6. The van der Waals surface area contributed by atoms with Gasteiger partial charge in [-0.1, -0.05) is 38.3 Å². The van der Waals surface area contributed by atoms with Crippen molar-refractivity contribution in [3.8, 4) is 0 Å². The Labute approximate surface area is 87.7 Å². The molecule has 0 rings (SSSR count). The van der Waals surface area contributed by atoms with E-state index in [-0.39, 0.29) is 0 Å². The van der Waals surface area contributed by atoms with Crippen molar-refractivity contribution in [2.45, 2.75) is 64.6 Å². The third-order valence-corrected chi connectivity index (χ3v) is 2.21. The van der Waals surface area contributed by atoms with Crippen molar-refractivity contribution >= 4 is 0 Å². The van der Waals surface area contributed by atoms with Gasteiger partial charge in [0.25, 0.3) is 0 Å². The highest BCUT2D eigenvalue weighted by Gasteiger charge is 1.95. The molecule has 0 saturated carbocycles. The average Bonchev–Trinajstić information content (AvgIpc) is 2.15. The van der Waals surface area contributed by atoms with Gasteiger partial charge in [0.05, 0.1) is 0 Å². The van der Waals surface area contributed by atoms with Gasteiger partial charge < -0.3 is 10.2 Å². The molecule has 0 aliphatic heterocycles. The molecule has 14 heavy (non-hydrogen) atoms. The lowest BCUT2D eigenvalue weighted by atomic mass is 10.1. The summed E-state index contributed by atoms with van der Waals surface area (Å²) in [5.41, 5.74) is 0. The summed E-state index contributed by atoms with van der Waals surface area (Å²) in [4.78, 5) is 0. The van der Waals surface area contributed by atoms with Crippen LogP contribution in [-0.2, 0) is 0 Å². The fourth-order valence-corrected chi connectivity index (χ4v) is 1.35. The van der Waals surface area contributed by atoms with Gasteiger partial charge >= 0.3 is 0 Å². The van der Waals surface area contributed by atoms with Gasteiger partial charge in [0.2, 0.25) is 0 Å². The minimum atomic E-state index is -1.11. The second-order valence-corrected chi connectivity index (χ2v) is 3.73. The molecular formula is C12H24O2. The van der Waals surface area contributed by atoms with Crippen LogP contribution in [0.25, 0.3) is 0 Å². The van der Waals surface area contributed by atoms with Crippen LogP contribution in [0, 0.1) is 0 Å². The monoisotopic (exact) mass is 200 g/mol. The lowest BCUT2D eigenvalue weighted by Crippen LogP contribution is -2.02. The number of allylic oxidation sites excluding steroid dienone is 2. The van der Waals surface area contributed by atoms with E-state index in [2.05, 4.69) is 19.1 Å². The number of rotatable bonds is 9. The second kappa shape index (κ2) is 10.7. The summed E-state index contributed by atoms with van der Waals surface area (Å²) in [5, 5.41) is 17.2. The van der Waals surface area contributed by atoms with E-state index < -0.39 is 6.29 Å². The van der Waals surface area contributed by atoms with Crippen molar-refractivity contribution in [1.82, 2.24) is 0 Å².